The van der Waals surface area contributed by atoms with Crippen LogP contribution >= 0.6 is 0 Å². The van der Waals surface area contributed by atoms with Gasteiger partial charge in [-0.05, 0) is 12.1 Å². The van der Waals surface area contributed by atoms with Crippen molar-refractivity contribution in [1.82, 2.24) is 0 Å². The predicted octanol–water partition coefficient (Wildman–Crippen LogP) is 2.54. The summed E-state index contributed by atoms with van der Waals surface area (Å²) in [6.45, 7) is 0.00961. The van der Waals surface area contributed by atoms with E-state index in [1.165, 1.54) is 12.1 Å². The molecule has 1 aromatic carbocycles. The van der Waals surface area contributed by atoms with Crippen LogP contribution in [-0.2, 0) is 15.0 Å². The summed E-state index contributed by atoms with van der Waals surface area (Å²) in [6.07, 6.45) is 0. The third-order valence-corrected chi connectivity index (χ3v) is 2.62. The van der Waals surface area contributed by atoms with Gasteiger partial charge in [0.05, 0.1) is 12.2 Å². The summed E-state index contributed by atoms with van der Waals surface area (Å²) >= 11 is 0. The van der Waals surface area contributed by atoms with Crippen molar-refractivity contribution in [3.05, 3.63) is 29.3 Å². The molecule has 0 radical (unpaired) electrons. The molecular weight excluding hydrogens is 262 g/mol. The molecule has 0 fully saturated rings. The first-order chi connectivity index (χ1) is 8.77. The molecule has 0 amide bonds. The standard InChI is InChI=1S/C12H14F2O5/c1-12(2,6-18-11(13)14)8-4-3-7(5-9(8)15)10(16)19-17/h3-5,11,15,17H,6H2,1-2H3. The van der Waals surface area contributed by atoms with Crippen molar-refractivity contribution in [2.75, 3.05) is 6.61 Å². The lowest BCUT2D eigenvalue weighted by molar-refractivity contribution is -0.182. The first-order valence-electron chi connectivity index (χ1n) is 5.37. The Labute approximate surface area is 108 Å². The lowest BCUT2D eigenvalue weighted by Gasteiger charge is -2.25. The Morgan fingerprint density at radius 1 is 1.42 bits per heavy atom. The number of carbonyl (C=O) groups excluding carboxylic acids is 1. The fourth-order valence-corrected chi connectivity index (χ4v) is 1.63. The minimum atomic E-state index is -2.90. The van der Waals surface area contributed by atoms with Crippen LogP contribution in [0.2, 0.25) is 0 Å². The molecule has 0 aliphatic heterocycles. The number of carbonyl (C=O) groups is 1. The van der Waals surface area contributed by atoms with E-state index in [0.717, 1.165) is 6.07 Å². The highest BCUT2D eigenvalue weighted by molar-refractivity contribution is 5.89. The number of hydrogen-bond donors (Lipinski definition) is 2. The Bertz CT molecular complexity index is 459. The maximum Gasteiger partial charge on any atom is 0.372 e. The first-order valence-corrected chi connectivity index (χ1v) is 5.37. The smallest absolute Gasteiger partial charge is 0.372 e. The summed E-state index contributed by atoms with van der Waals surface area (Å²) in [5.41, 5.74) is -0.598. The summed E-state index contributed by atoms with van der Waals surface area (Å²) in [7, 11) is 0. The number of aromatic hydroxyl groups is 1. The number of alkyl halides is 2. The molecular formula is C12H14F2O5. The average Bonchev–Trinajstić information content (AvgIpc) is 2.35. The van der Waals surface area contributed by atoms with Gasteiger partial charge < -0.3 is 9.84 Å². The minimum Gasteiger partial charge on any atom is -0.508 e. The molecule has 0 atom stereocenters. The van der Waals surface area contributed by atoms with E-state index in [1.54, 1.807) is 13.8 Å². The van der Waals surface area contributed by atoms with E-state index in [1.807, 2.05) is 0 Å². The van der Waals surface area contributed by atoms with E-state index in [2.05, 4.69) is 9.62 Å². The van der Waals surface area contributed by atoms with Crippen molar-refractivity contribution in [2.24, 2.45) is 0 Å². The van der Waals surface area contributed by atoms with Crippen LogP contribution < -0.4 is 0 Å². The fraction of sp³-hybridized carbons (Fsp3) is 0.417. The maximum atomic E-state index is 12.0. The molecule has 5 nitrogen and oxygen atoms in total. The molecule has 0 bridgehead atoms. The second-order valence-electron chi connectivity index (χ2n) is 4.57. The molecule has 0 aliphatic rings. The molecule has 2 N–H and O–H groups in total. The molecule has 19 heavy (non-hydrogen) atoms. The van der Waals surface area contributed by atoms with E-state index < -0.39 is 18.0 Å². The highest BCUT2D eigenvalue weighted by atomic mass is 19.3. The zero-order valence-electron chi connectivity index (χ0n) is 10.4. The van der Waals surface area contributed by atoms with Crippen LogP contribution in [0, 0.1) is 0 Å². The lowest BCUT2D eigenvalue weighted by Crippen LogP contribution is -2.26. The van der Waals surface area contributed by atoms with Gasteiger partial charge in [-0.15, -0.1) is 0 Å². The van der Waals surface area contributed by atoms with E-state index in [4.69, 9.17) is 5.26 Å². The summed E-state index contributed by atoms with van der Waals surface area (Å²) in [4.78, 5) is 14.6. The van der Waals surface area contributed by atoms with Gasteiger partial charge in [0, 0.05) is 11.0 Å². The van der Waals surface area contributed by atoms with E-state index in [9.17, 15) is 18.7 Å². The normalized spacial score (nSPS) is 11.7. The molecule has 106 valence electrons. The lowest BCUT2D eigenvalue weighted by atomic mass is 9.84. The summed E-state index contributed by atoms with van der Waals surface area (Å²) in [5, 5.41) is 18.0. The quantitative estimate of drug-likeness (QED) is 0.638. The number of ether oxygens (including phenoxy) is 1. The Hall–Kier alpha value is -1.73. The Morgan fingerprint density at radius 2 is 2.05 bits per heavy atom. The van der Waals surface area contributed by atoms with Gasteiger partial charge in [-0.3, -0.25) is 4.89 Å². The largest absolute Gasteiger partial charge is 0.508 e. The second kappa shape index (κ2) is 5.94. The number of halogens is 2. The zero-order chi connectivity index (χ0) is 14.6. The van der Waals surface area contributed by atoms with Crippen molar-refractivity contribution in [1.29, 1.82) is 0 Å². The van der Waals surface area contributed by atoms with Gasteiger partial charge >= 0.3 is 12.6 Å². The average molecular weight is 276 g/mol. The Balaban J connectivity index is 2.98. The van der Waals surface area contributed by atoms with Gasteiger partial charge in [-0.25, -0.2) is 4.79 Å². The Morgan fingerprint density at radius 3 is 2.53 bits per heavy atom. The molecule has 1 aromatic rings. The molecule has 0 heterocycles. The molecule has 1 rings (SSSR count). The topological polar surface area (TPSA) is 76.0 Å². The molecule has 7 heteroatoms. The van der Waals surface area contributed by atoms with Crippen LogP contribution in [0.1, 0.15) is 29.8 Å². The van der Waals surface area contributed by atoms with E-state index in [-0.39, 0.29) is 17.9 Å². The van der Waals surface area contributed by atoms with Crippen molar-refractivity contribution in [2.45, 2.75) is 25.9 Å². The van der Waals surface area contributed by atoms with Crippen molar-refractivity contribution in [3.8, 4) is 5.75 Å². The molecule has 0 spiro atoms. The first kappa shape index (κ1) is 15.3. The molecule has 0 saturated carbocycles. The number of phenolic OH excluding ortho intramolecular Hbond substituents is 1. The van der Waals surface area contributed by atoms with Crippen molar-refractivity contribution < 1.29 is 33.6 Å². The number of rotatable bonds is 5. The molecule has 0 aromatic heterocycles. The van der Waals surface area contributed by atoms with E-state index in [0.29, 0.717) is 5.56 Å². The van der Waals surface area contributed by atoms with Crippen molar-refractivity contribution in [3.63, 3.8) is 0 Å². The summed E-state index contributed by atoms with van der Waals surface area (Å²) < 4.78 is 28.3. The van der Waals surface area contributed by atoms with E-state index >= 15 is 0 Å². The van der Waals surface area contributed by atoms with Gasteiger partial charge in [-0.2, -0.15) is 14.0 Å². The van der Waals surface area contributed by atoms with Gasteiger partial charge in [-0.1, -0.05) is 19.9 Å². The summed E-state index contributed by atoms with van der Waals surface area (Å²) in [5.74, 6) is -1.30. The SMILES string of the molecule is CC(C)(COC(F)F)c1ccc(C(=O)OO)cc1O. The highest BCUT2D eigenvalue weighted by Gasteiger charge is 2.26. The maximum absolute atomic E-state index is 12.0. The zero-order valence-corrected chi connectivity index (χ0v) is 10.4. The molecule has 0 saturated heterocycles. The summed E-state index contributed by atoms with van der Waals surface area (Å²) in [6, 6.07) is 3.77. The van der Waals surface area contributed by atoms with Crippen LogP contribution in [0.4, 0.5) is 8.78 Å². The van der Waals surface area contributed by atoms with Gasteiger partial charge in [0.25, 0.3) is 0 Å². The second-order valence-corrected chi connectivity index (χ2v) is 4.57. The van der Waals surface area contributed by atoms with Crippen LogP contribution in [0.15, 0.2) is 18.2 Å². The number of phenols is 1. The third kappa shape index (κ3) is 3.87. The third-order valence-electron chi connectivity index (χ3n) is 2.62. The van der Waals surface area contributed by atoms with Crippen LogP contribution in [0.25, 0.3) is 0 Å². The van der Waals surface area contributed by atoms with Crippen LogP contribution in [-0.4, -0.2) is 29.6 Å². The van der Waals surface area contributed by atoms with Gasteiger partial charge in [0.15, 0.2) is 0 Å². The monoisotopic (exact) mass is 276 g/mol. The van der Waals surface area contributed by atoms with Gasteiger partial charge in [0.1, 0.15) is 5.75 Å². The Kier molecular flexibility index (Phi) is 4.79. The highest BCUT2D eigenvalue weighted by Crippen LogP contribution is 2.32. The predicted molar refractivity (Wildman–Crippen MR) is 61.1 cm³/mol. The number of benzene rings is 1. The van der Waals surface area contributed by atoms with Crippen molar-refractivity contribution >= 4 is 5.97 Å². The van der Waals surface area contributed by atoms with Gasteiger partial charge in [0.2, 0.25) is 0 Å². The molecule has 0 unspecified atom stereocenters. The minimum absolute atomic E-state index is 0.0608. The number of hydrogen-bond acceptors (Lipinski definition) is 5. The fourth-order valence-electron chi connectivity index (χ4n) is 1.63. The molecule has 0 aliphatic carbocycles. The van der Waals surface area contributed by atoms with Crippen LogP contribution in [0.5, 0.6) is 5.75 Å². The van der Waals surface area contributed by atoms with Crippen LogP contribution in [0.3, 0.4) is 0 Å².